The van der Waals surface area contributed by atoms with Crippen molar-refractivity contribution >= 4 is 17.7 Å². The highest BCUT2D eigenvalue weighted by atomic mass is 16.5. The number of methoxy groups -OCH3 is 1. The maximum absolute atomic E-state index is 12.4. The van der Waals surface area contributed by atoms with E-state index in [1.54, 1.807) is 0 Å². The molecule has 0 heterocycles. The molecule has 1 aliphatic carbocycles. The van der Waals surface area contributed by atoms with Crippen LogP contribution in [0.4, 0.5) is 10.5 Å². The maximum atomic E-state index is 12.4. The third-order valence-corrected chi connectivity index (χ3v) is 5.12. The van der Waals surface area contributed by atoms with Gasteiger partial charge in [-0.3, -0.25) is 5.32 Å². The number of ether oxygens (including phenoxy) is 2. The van der Waals surface area contributed by atoms with Gasteiger partial charge in [0, 0.05) is 5.92 Å². The minimum absolute atomic E-state index is 0.0659. The molecule has 3 aromatic carbocycles. The zero-order chi connectivity index (χ0) is 21.3. The Morgan fingerprint density at radius 2 is 1.60 bits per heavy atom. The van der Waals surface area contributed by atoms with Crippen molar-refractivity contribution in [2.24, 2.45) is 0 Å². The molecule has 4 rings (SSSR count). The minimum atomic E-state index is -1.22. The highest BCUT2D eigenvalue weighted by Gasteiger charge is 2.29. The number of amides is 1. The van der Waals surface area contributed by atoms with Gasteiger partial charge in [-0.15, -0.1) is 0 Å². The van der Waals surface area contributed by atoms with E-state index in [1.807, 2.05) is 48.5 Å². The molecular weight excluding hydrogens is 386 g/mol. The number of hydrogen-bond acceptors (Lipinski definition) is 5. The molecule has 0 bridgehead atoms. The molecule has 7 nitrogen and oxygen atoms in total. The van der Waals surface area contributed by atoms with Gasteiger partial charge in [-0.1, -0.05) is 48.5 Å². The molecule has 30 heavy (non-hydrogen) atoms. The molecular formula is C23H19NO6. The van der Waals surface area contributed by atoms with E-state index in [2.05, 4.69) is 5.32 Å². The molecule has 0 unspecified atom stereocenters. The topological polar surface area (TPSA) is 105 Å². The highest BCUT2D eigenvalue weighted by Crippen LogP contribution is 2.44. The number of nitrogens with one attached hydrogen (secondary N) is 1. The molecule has 0 aliphatic heterocycles. The van der Waals surface area contributed by atoms with Crippen molar-refractivity contribution in [2.75, 3.05) is 19.0 Å². The van der Waals surface area contributed by atoms with Crippen LogP contribution in [0, 0.1) is 0 Å². The van der Waals surface area contributed by atoms with Crippen LogP contribution in [0.3, 0.4) is 0 Å². The molecule has 3 aromatic rings. The zero-order valence-electron chi connectivity index (χ0n) is 16.1. The molecule has 1 aliphatic rings. The van der Waals surface area contributed by atoms with Crippen LogP contribution < -0.4 is 10.1 Å². The first kappa shape index (κ1) is 19.3. The smallest absolute Gasteiger partial charge is 0.411 e. The van der Waals surface area contributed by atoms with E-state index in [4.69, 9.17) is 9.47 Å². The van der Waals surface area contributed by atoms with Crippen LogP contribution in [0.2, 0.25) is 0 Å². The number of carboxylic acid groups (broad SMARTS) is 1. The Labute approximate surface area is 172 Å². The van der Waals surface area contributed by atoms with Crippen molar-refractivity contribution in [3.63, 3.8) is 0 Å². The van der Waals surface area contributed by atoms with Gasteiger partial charge in [-0.05, 0) is 34.4 Å². The average Bonchev–Trinajstić information content (AvgIpc) is 3.07. The molecule has 0 aromatic heterocycles. The number of carbonyl (C=O) groups is 2. The van der Waals surface area contributed by atoms with Gasteiger partial charge in [0.25, 0.3) is 0 Å². The van der Waals surface area contributed by atoms with E-state index >= 15 is 0 Å². The van der Waals surface area contributed by atoms with Crippen molar-refractivity contribution in [1.29, 1.82) is 0 Å². The fourth-order valence-electron chi connectivity index (χ4n) is 3.73. The number of phenolic OH excluding ortho intramolecular Hbond substituents is 1. The molecule has 0 fully saturated rings. The summed E-state index contributed by atoms with van der Waals surface area (Å²) >= 11 is 0. The second-order valence-corrected chi connectivity index (χ2v) is 6.83. The van der Waals surface area contributed by atoms with Gasteiger partial charge in [0.15, 0.2) is 11.5 Å². The van der Waals surface area contributed by atoms with E-state index in [-0.39, 0.29) is 35.3 Å². The lowest BCUT2D eigenvalue weighted by molar-refractivity contribution is 0.0696. The lowest BCUT2D eigenvalue weighted by Gasteiger charge is -2.15. The Morgan fingerprint density at radius 3 is 2.17 bits per heavy atom. The second-order valence-electron chi connectivity index (χ2n) is 6.83. The Bertz CT molecular complexity index is 1090. The first-order valence-corrected chi connectivity index (χ1v) is 9.26. The number of carboxylic acids is 1. The van der Waals surface area contributed by atoms with Crippen LogP contribution in [0.1, 0.15) is 27.4 Å². The van der Waals surface area contributed by atoms with Crippen LogP contribution >= 0.6 is 0 Å². The normalized spacial score (nSPS) is 12.0. The summed E-state index contributed by atoms with van der Waals surface area (Å²) in [5.41, 5.74) is 4.12. The van der Waals surface area contributed by atoms with Crippen molar-refractivity contribution in [2.45, 2.75) is 5.92 Å². The molecule has 0 saturated carbocycles. The molecule has 7 heteroatoms. The number of anilines is 1. The van der Waals surface area contributed by atoms with Gasteiger partial charge < -0.3 is 19.7 Å². The van der Waals surface area contributed by atoms with Crippen molar-refractivity contribution < 1.29 is 29.3 Å². The fraction of sp³-hybridized carbons (Fsp3) is 0.130. The number of phenols is 1. The average molecular weight is 405 g/mol. The second kappa shape index (κ2) is 7.79. The zero-order valence-corrected chi connectivity index (χ0v) is 16.1. The standard InChI is InChI=1S/C23H19NO6/c1-29-20-11-13(22(26)27)10-19(21(20)25)24-23(28)30-12-18-16-8-4-2-6-14(16)15-7-3-5-9-17(15)18/h2-11,18,25H,12H2,1H3,(H,24,28)(H,26,27). The van der Waals surface area contributed by atoms with Crippen molar-refractivity contribution in [1.82, 2.24) is 0 Å². The molecule has 3 N–H and O–H groups in total. The molecule has 0 radical (unpaired) electrons. The lowest BCUT2D eigenvalue weighted by atomic mass is 9.98. The number of aromatic hydroxyl groups is 1. The lowest BCUT2D eigenvalue weighted by Crippen LogP contribution is -2.18. The number of benzene rings is 3. The van der Waals surface area contributed by atoms with Gasteiger partial charge in [0.2, 0.25) is 0 Å². The molecule has 1 amide bonds. The maximum Gasteiger partial charge on any atom is 0.411 e. The van der Waals surface area contributed by atoms with Crippen LogP contribution in [-0.2, 0) is 4.74 Å². The first-order valence-electron chi connectivity index (χ1n) is 9.26. The minimum Gasteiger partial charge on any atom is -0.503 e. The van der Waals surface area contributed by atoms with Crippen LogP contribution in [-0.4, -0.2) is 36.0 Å². The molecule has 0 spiro atoms. The summed E-state index contributed by atoms with van der Waals surface area (Å²) in [7, 11) is 1.29. The summed E-state index contributed by atoms with van der Waals surface area (Å²) in [4.78, 5) is 23.7. The number of carbonyl (C=O) groups excluding carboxylic acids is 1. The van der Waals surface area contributed by atoms with E-state index in [9.17, 15) is 19.8 Å². The SMILES string of the molecule is COc1cc(C(=O)O)cc(NC(=O)OCC2c3ccccc3-c3ccccc32)c1O. The summed E-state index contributed by atoms with van der Waals surface area (Å²) in [6, 6.07) is 18.2. The van der Waals surface area contributed by atoms with Crippen LogP contribution in [0.25, 0.3) is 11.1 Å². The number of aromatic carboxylic acids is 1. The van der Waals surface area contributed by atoms with Crippen molar-refractivity contribution in [3.05, 3.63) is 77.4 Å². The van der Waals surface area contributed by atoms with Crippen LogP contribution in [0.5, 0.6) is 11.5 Å². The summed E-state index contributed by atoms with van der Waals surface area (Å²) in [5.74, 6) is -1.78. The first-order chi connectivity index (χ1) is 14.5. The third-order valence-electron chi connectivity index (χ3n) is 5.12. The van der Waals surface area contributed by atoms with Crippen molar-refractivity contribution in [3.8, 4) is 22.6 Å². The summed E-state index contributed by atoms with van der Waals surface area (Å²) in [5, 5.41) is 21.8. The van der Waals surface area contributed by atoms with Gasteiger partial charge in [-0.25, -0.2) is 9.59 Å². The Morgan fingerprint density at radius 1 is 1.00 bits per heavy atom. The number of rotatable bonds is 5. The Balaban J connectivity index is 1.53. The van der Waals surface area contributed by atoms with Crippen LogP contribution in [0.15, 0.2) is 60.7 Å². The molecule has 152 valence electrons. The summed E-state index contributed by atoms with van der Waals surface area (Å²) in [6.45, 7) is 0.0936. The van der Waals surface area contributed by atoms with E-state index in [1.165, 1.54) is 13.2 Å². The van der Waals surface area contributed by atoms with Gasteiger partial charge in [-0.2, -0.15) is 0 Å². The van der Waals surface area contributed by atoms with Gasteiger partial charge >= 0.3 is 12.1 Å². The molecule has 0 atom stereocenters. The predicted molar refractivity (Wildman–Crippen MR) is 110 cm³/mol. The van der Waals surface area contributed by atoms with E-state index < -0.39 is 12.1 Å². The Kier molecular flexibility index (Phi) is 5.02. The summed E-state index contributed by atoms with van der Waals surface area (Å²) < 4.78 is 10.4. The quantitative estimate of drug-likeness (QED) is 0.541. The fourth-order valence-corrected chi connectivity index (χ4v) is 3.73. The highest BCUT2D eigenvalue weighted by molar-refractivity contribution is 5.94. The molecule has 0 saturated heterocycles. The number of hydrogen-bond donors (Lipinski definition) is 3. The monoisotopic (exact) mass is 405 g/mol. The van der Waals surface area contributed by atoms with Gasteiger partial charge in [0.05, 0.1) is 18.4 Å². The third kappa shape index (κ3) is 3.41. The van der Waals surface area contributed by atoms with Gasteiger partial charge in [0.1, 0.15) is 6.61 Å². The predicted octanol–water partition coefficient (Wildman–Crippen LogP) is 4.46. The summed E-state index contributed by atoms with van der Waals surface area (Å²) in [6.07, 6.45) is -0.809. The van der Waals surface area contributed by atoms with E-state index in [0.29, 0.717) is 0 Å². The van der Waals surface area contributed by atoms with E-state index in [0.717, 1.165) is 28.3 Å². The Hall–Kier alpha value is -4.00. The number of fused-ring (bicyclic) bond motifs is 3. The largest absolute Gasteiger partial charge is 0.503 e.